The zero-order valence-electron chi connectivity index (χ0n) is 17.7. The fourth-order valence-corrected chi connectivity index (χ4v) is 4.89. The van der Waals surface area contributed by atoms with Crippen molar-refractivity contribution < 1.29 is 19.4 Å². The Bertz CT molecular complexity index is 1150. The van der Waals surface area contributed by atoms with Gasteiger partial charge >= 0.3 is 5.97 Å². The number of carbonyl (C=O) groups excluding carboxylic acids is 1. The minimum atomic E-state index is -1.01. The van der Waals surface area contributed by atoms with Crippen LogP contribution in [0.5, 0.6) is 0 Å². The molecule has 1 aromatic carbocycles. The van der Waals surface area contributed by atoms with Crippen molar-refractivity contribution in [2.45, 2.75) is 32.1 Å². The summed E-state index contributed by atoms with van der Waals surface area (Å²) < 4.78 is 6.22. The van der Waals surface area contributed by atoms with Gasteiger partial charge in [0.05, 0.1) is 35.0 Å². The fourth-order valence-electron chi connectivity index (χ4n) is 3.68. The number of halogens is 2. The molecule has 0 spiro atoms. The summed E-state index contributed by atoms with van der Waals surface area (Å²) in [6, 6.07) is 9.47. The van der Waals surface area contributed by atoms with Crippen molar-refractivity contribution in [3.05, 3.63) is 68.4 Å². The van der Waals surface area contributed by atoms with Gasteiger partial charge in [-0.1, -0.05) is 64.9 Å². The van der Waals surface area contributed by atoms with E-state index in [9.17, 15) is 14.7 Å². The molecule has 3 N–H and O–H groups in total. The number of aromatic amines is 1. The average molecular weight is 509 g/mol. The number of anilines is 1. The van der Waals surface area contributed by atoms with Crippen LogP contribution >= 0.6 is 34.5 Å². The Balaban J connectivity index is 1.50. The summed E-state index contributed by atoms with van der Waals surface area (Å²) in [4.78, 5) is 33.5. The molecule has 1 amide bonds. The maximum Gasteiger partial charge on any atom is 0.347 e. The van der Waals surface area contributed by atoms with Crippen LogP contribution in [-0.2, 0) is 11.3 Å². The van der Waals surface area contributed by atoms with Gasteiger partial charge in [0.2, 0.25) is 0 Å². The molecule has 1 aliphatic rings. The van der Waals surface area contributed by atoms with Gasteiger partial charge in [-0.05, 0) is 18.9 Å². The minimum Gasteiger partial charge on any atom is -0.477 e. The number of piperidine rings is 1. The molecule has 0 saturated carbocycles. The Hall–Kier alpha value is -2.59. The van der Waals surface area contributed by atoms with Crippen molar-refractivity contribution in [3.8, 4) is 0 Å². The fraction of sp³-hybridized carbons (Fsp3) is 0.318. The molecule has 3 aromatic rings. The van der Waals surface area contributed by atoms with Crippen LogP contribution in [-0.4, -0.2) is 52.2 Å². The zero-order valence-corrected chi connectivity index (χ0v) is 20.0. The number of aromatic nitrogens is 2. The monoisotopic (exact) mass is 508 g/mol. The number of amides is 1. The Morgan fingerprint density at radius 2 is 2.06 bits per heavy atom. The summed E-state index contributed by atoms with van der Waals surface area (Å²) >= 11 is 13.5. The summed E-state index contributed by atoms with van der Waals surface area (Å²) in [6.45, 7) is 3.15. The molecule has 33 heavy (non-hydrogen) atoms. The Morgan fingerprint density at radius 3 is 2.70 bits per heavy atom. The highest BCUT2D eigenvalue weighted by Gasteiger charge is 2.33. The van der Waals surface area contributed by atoms with Crippen LogP contribution in [0.25, 0.3) is 0 Å². The van der Waals surface area contributed by atoms with Gasteiger partial charge in [0.1, 0.15) is 10.6 Å². The number of aromatic carboxylic acids is 1. The van der Waals surface area contributed by atoms with E-state index in [1.54, 1.807) is 6.92 Å². The second-order valence-corrected chi connectivity index (χ2v) is 9.48. The maximum atomic E-state index is 12.9. The molecule has 11 heteroatoms. The molecule has 3 heterocycles. The van der Waals surface area contributed by atoms with E-state index in [1.165, 1.54) is 6.20 Å². The number of thiazole rings is 1. The maximum absolute atomic E-state index is 12.9. The van der Waals surface area contributed by atoms with Crippen molar-refractivity contribution in [2.75, 3.05) is 18.0 Å². The van der Waals surface area contributed by atoms with E-state index < -0.39 is 5.97 Å². The normalized spacial score (nSPS) is 18.3. The number of ether oxygens (including phenoxy) is 1. The summed E-state index contributed by atoms with van der Waals surface area (Å²) in [5.74, 6) is -1.36. The van der Waals surface area contributed by atoms with Gasteiger partial charge in [-0.3, -0.25) is 4.79 Å². The molecule has 1 fully saturated rings. The van der Waals surface area contributed by atoms with Crippen LogP contribution in [0.4, 0.5) is 5.13 Å². The molecule has 4 rings (SSSR count). The lowest BCUT2D eigenvalue weighted by molar-refractivity contribution is 0.00967. The van der Waals surface area contributed by atoms with Crippen LogP contribution < -0.4 is 10.2 Å². The largest absolute Gasteiger partial charge is 0.477 e. The number of benzene rings is 1. The summed E-state index contributed by atoms with van der Waals surface area (Å²) in [6.07, 6.45) is 1.58. The molecule has 0 unspecified atom stereocenters. The molecule has 174 valence electrons. The van der Waals surface area contributed by atoms with Crippen molar-refractivity contribution in [1.29, 1.82) is 0 Å². The second-order valence-electron chi connectivity index (χ2n) is 7.71. The third-order valence-corrected chi connectivity index (χ3v) is 7.43. The van der Waals surface area contributed by atoms with Gasteiger partial charge in [-0.15, -0.1) is 0 Å². The lowest BCUT2D eigenvalue weighted by Gasteiger charge is -2.38. The minimum absolute atomic E-state index is 0.177. The van der Waals surface area contributed by atoms with Gasteiger partial charge in [-0.25, -0.2) is 9.78 Å². The molecule has 1 saturated heterocycles. The topological polar surface area (TPSA) is 108 Å². The number of hydrogen-bond donors (Lipinski definition) is 3. The number of carbonyl (C=O) groups is 2. The highest BCUT2D eigenvalue weighted by atomic mass is 35.5. The molecular formula is C22H22Cl2N4O4S. The number of carboxylic acids is 1. The zero-order chi connectivity index (χ0) is 23.5. The third-order valence-electron chi connectivity index (χ3n) is 5.44. The number of hydrogen-bond acceptors (Lipinski definition) is 6. The van der Waals surface area contributed by atoms with Crippen molar-refractivity contribution in [2.24, 2.45) is 0 Å². The first-order valence-electron chi connectivity index (χ1n) is 10.3. The van der Waals surface area contributed by atoms with Crippen molar-refractivity contribution >= 4 is 51.5 Å². The molecule has 2 aromatic heterocycles. The van der Waals surface area contributed by atoms with Crippen LogP contribution in [0.2, 0.25) is 10.0 Å². The number of nitrogens with one attached hydrogen (secondary N) is 2. The smallest absolute Gasteiger partial charge is 0.347 e. The van der Waals surface area contributed by atoms with Gasteiger partial charge in [-0.2, -0.15) is 0 Å². The molecule has 1 aliphatic heterocycles. The van der Waals surface area contributed by atoms with E-state index in [0.717, 1.165) is 16.9 Å². The van der Waals surface area contributed by atoms with Gasteiger partial charge < -0.3 is 25.0 Å². The van der Waals surface area contributed by atoms with E-state index in [2.05, 4.69) is 15.3 Å². The van der Waals surface area contributed by atoms with E-state index in [1.807, 2.05) is 35.2 Å². The third kappa shape index (κ3) is 5.33. The highest BCUT2D eigenvalue weighted by molar-refractivity contribution is 7.17. The standard InChI is InChI=1S/C22H22Cl2N4O4S/c1-12-17(23)18(24)19(26-12)20(29)27-14-7-8-28(22-25-9-16(33-22)21(30)31)10-15(14)32-11-13-5-3-2-4-6-13/h2-6,9,14-15,26H,7-8,10-11H2,1H3,(H,27,29)(H,30,31)/t14-,15-/m1/s1. The first-order valence-corrected chi connectivity index (χ1v) is 11.8. The highest BCUT2D eigenvalue weighted by Crippen LogP contribution is 2.30. The van der Waals surface area contributed by atoms with Crippen molar-refractivity contribution in [3.63, 3.8) is 0 Å². The number of carboxylic acid groups (broad SMARTS) is 1. The van der Waals surface area contributed by atoms with Gasteiger partial charge in [0, 0.05) is 18.8 Å². The van der Waals surface area contributed by atoms with Crippen LogP contribution in [0.1, 0.15) is 37.8 Å². The number of rotatable bonds is 7. The first-order chi connectivity index (χ1) is 15.8. The van der Waals surface area contributed by atoms with E-state index in [4.69, 9.17) is 27.9 Å². The quantitative estimate of drug-likeness (QED) is 0.437. The molecule has 0 radical (unpaired) electrons. The molecule has 8 nitrogen and oxygen atoms in total. The first kappa shape index (κ1) is 23.6. The van der Waals surface area contributed by atoms with Crippen LogP contribution in [0.3, 0.4) is 0 Å². The Morgan fingerprint density at radius 1 is 1.30 bits per heavy atom. The van der Waals surface area contributed by atoms with Crippen LogP contribution in [0.15, 0.2) is 36.5 Å². The predicted molar refractivity (Wildman–Crippen MR) is 128 cm³/mol. The summed E-state index contributed by atoms with van der Waals surface area (Å²) in [7, 11) is 0. The van der Waals surface area contributed by atoms with E-state index >= 15 is 0 Å². The van der Waals surface area contributed by atoms with Gasteiger partial charge in [0.15, 0.2) is 5.13 Å². The van der Waals surface area contributed by atoms with Gasteiger partial charge in [0.25, 0.3) is 5.91 Å². The SMILES string of the molecule is Cc1[nH]c(C(=O)N[C@@H]2CCN(c3ncc(C(=O)O)s3)C[C@H]2OCc2ccccc2)c(Cl)c1Cl. The van der Waals surface area contributed by atoms with Crippen LogP contribution in [0, 0.1) is 6.92 Å². The molecular weight excluding hydrogens is 487 g/mol. The lowest BCUT2D eigenvalue weighted by atomic mass is 10.0. The number of aryl methyl sites for hydroxylation is 1. The number of nitrogens with zero attached hydrogens (tertiary/aromatic N) is 2. The molecule has 0 bridgehead atoms. The van der Waals surface area contributed by atoms with Crippen molar-refractivity contribution in [1.82, 2.24) is 15.3 Å². The lowest BCUT2D eigenvalue weighted by Crippen LogP contribution is -2.55. The van der Waals surface area contributed by atoms with E-state index in [0.29, 0.717) is 42.0 Å². The Kier molecular flexibility index (Phi) is 7.23. The summed E-state index contributed by atoms with van der Waals surface area (Å²) in [5.41, 5.74) is 1.85. The predicted octanol–water partition coefficient (Wildman–Crippen LogP) is 4.38. The Labute approximate surface area is 204 Å². The number of H-pyrrole nitrogens is 1. The molecule has 0 aliphatic carbocycles. The summed E-state index contributed by atoms with van der Waals surface area (Å²) in [5, 5.41) is 13.4. The average Bonchev–Trinajstić information content (AvgIpc) is 3.41. The second kappa shape index (κ2) is 10.1. The van der Waals surface area contributed by atoms with E-state index in [-0.39, 0.29) is 33.6 Å². The molecule has 2 atom stereocenters.